The Balaban J connectivity index is 2.44. The van der Waals surface area contributed by atoms with Crippen LogP contribution in [0, 0.1) is 0 Å². The van der Waals surface area contributed by atoms with Gasteiger partial charge in [0.1, 0.15) is 6.04 Å². The molecule has 2 aromatic heterocycles. The van der Waals surface area contributed by atoms with E-state index in [9.17, 15) is 0 Å². The highest BCUT2D eigenvalue weighted by Crippen LogP contribution is 2.28. The molecule has 80 valence electrons. The molecule has 0 amide bonds. The molecule has 15 heavy (non-hydrogen) atoms. The van der Waals surface area contributed by atoms with Gasteiger partial charge >= 0.3 is 0 Å². The van der Waals surface area contributed by atoms with Crippen molar-refractivity contribution in [3.63, 3.8) is 0 Å². The van der Waals surface area contributed by atoms with Crippen molar-refractivity contribution < 1.29 is 0 Å². The van der Waals surface area contributed by atoms with E-state index in [2.05, 4.69) is 20.1 Å². The van der Waals surface area contributed by atoms with Crippen molar-refractivity contribution in [3.05, 3.63) is 28.0 Å². The van der Waals surface area contributed by atoms with Gasteiger partial charge in [0.15, 0.2) is 0 Å². The molecule has 0 fully saturated rings. The van der Waals surface area contributed by atoms with E-state index in [0.717, 1.165) is 10.6 Å². The first-order chi connectivity index (χ1) is 7.24. The highest BCUT2D eigenvalue weighted by atomic mass is 35.5. The second-order valence-electron chi connectivity index (χ2n) is 2.92. The van der Waals surface area contributed by atoms with Gasteiger partial charge in [0.2, 0.25) is 0 Å². The van der Waals surface area contributed by atoms with Gasteiger partial charge in [-0.15, -0.1) is 5.10 Å². The Bertz CT molecular complexity index is 419. The monoisotopic (exact) mass is 244 g/mol. The molecule has 0 bridgehead atoms. The fraction of sp³-hybridized carbons (Fsp3) is 0.286. The van der Waals surface area contributed by atoms with Gasteiger partial charge < -0.3 is 0 Å². The number of aryl methyl sites for hydroxylation is 1. The molecule has 0 spiro atoms. The Labute approximate surface area is 95.2 Å². The van der Waals surface area contributed by atoms with Gasteiger partial charge in [0, 0.05) is 7.05 Å². The molecule has 2 heterocycles. The van der Waals surface area contributed by atoms with E-state index in [0.29, 0.717) is 5.02 Å². The Morgan fingerprint density at radius 2 is 2.40 bits per heavy atom. The average Bonchev–Trinajstić information content (AvgIpc) is 2.83. The molecule has 8 heteroatoms. The largest absolute Gasteiger partial charge is 0.270 e. The summed E-state index contributed by atoms with van der Waals surface area (Å²) < 4.78 is 5.46. The minimum absolute atomic E-state index is 0.231. The highest BCUT2D eigenvalue weighted by molar-refractivity contribution is 7.05. The van der Waals surface area contributed by atoms with Crippen molar-refractivity contribution in [2.75, 3.05) is 0 Å². The molecule has 0 radical (unpaired) electrons. The van der Waals surface area contributed by atoms with E-state index in [1.165, 1.54) is 11.5 Å². The van der Waals surface area contributed by atoms with Crippen molar-refractivity contribution in [1.29, 1.82) is 0 Å². The maximum absolute atomic E-state index is 6.02. The molecule has 2 aromatic rings. The van der Waals surface area contributed by atoms with Crippen molar-refractivity contribution >= 4 is 23.1 Å². The zero-order chi connectivity index (χ0) is 10.8. The summed E-state index contributed by atoms with van der Waals surface area (Å²) >= 11 is 7.29. The minimum Gasteiger partial charge on any atom is -0.270 e. The quantitative estimate of drug-likeness (QED) is 0.606. The Morgan fingerprint density at radius 3 is 2.87 bits per heavy atom. The molecule has 1 unspecified atom stereocenters. The van der Waals surface area contributed by atoms with Crippen LogP contribution in [0.2, 0.25) is 5.02 Å². The normalized spacial score (nSPS) is 13.0. The number of rotatable bonds is 3. The van der Waals surface area contributed by atoms with Crippen LogP contribution in [0.25, 0.3) is 0 Å². The number of aromatic nitrogens is 4. The maximum Gasteiger partial charge on any atom is 0.102 e. The minimum atomic E-state index is -0.231. The third kappa shape index (κ3) is 1.86. The lowest BCUT2D eigenvalue weighted by atomic mass is 10.2. The van der Waals surface area contributed by atoms with Crippen molar-refractivity contribution in [2.45, 2.75) is 6.04 Å². The number of hydrazine groups is 1. The van der Waals surface area contributed by atoms with Gasteiger partial charge in [0.05, 0.1) is 28.0 Å². The molecular weight excluding hydrogens is 236 g/mol. The van der Waals surface area contributed by atoms with E-state index in [-0.39, 0.29) is 6.04 Å². The fourth-order valence-electron chi connectivity index (χ4n) is 1.34. The molecule has 0 aliphatic carbocycles. The first-order valence-electron chi connectivity index (χ1n) is 4.14. The number of nitrogens with one attached hydrogen (secondary N) is 1. The summed E-state index contributed by atoms with van der Waals surface area (Å²) in [6.07, 6.45) is 3.23. The number of halogens is 1. The average molecular weight is 245 g/mol. The highest BCUT2D eigenvalue weighted by Gasteiger charge is 2.21. The zero-order valence-electron chi connectivity index (χ0n) is 7.88. The molecule has 0 aliphatic rings. The lowest BCUT2D eigenvalue weighted by Crippen LogP contribution is -2.30. The number of nitrogens with zero attached hydrogens (tertiary/aromatic N) is 4. The van der Waals surface area contributed by atoms with E-state index in [1.807, 2.05) is 0 Å². The molecule has 0 saturated heterocycles. The van der Waals surface area contributed by atoms with Gasteiger partial charge in [-0.05, 0) is 11.5 Å². The van der Waals surface area contributed by atoms with Gasteiger partial charge in [-0.25, -0.2) is 5.43 Å². The summed E-state index contributed by atoms with van der Waals surface area (Å²) in [7, 11) is 1.81. The van der Waals surface area contributed by atoms with Gasteiger partial charge in [0.25, 0.3) is 0 Å². The summed E-state index contributed by atoms with van der Waals surface area (Å²) in [5.41, 5.74) is 3.47. The topological polar surface area (TPSA) is 81.7 Å². The molecule has 2 rings (SSSR count). The van der Waals surface area contributed by atoms with Crippen molar-refractivity contribution in [3.8, 4) is 0 Å². The van der Waals surface area contributed by atoms with Crippen LogP contribution < -0.4 is 11.3 Å². The number of nitrogens with two attached hydrogens (primary N) is 1. The third-order valence-corrected chi connectivity index (χ3v) is 3.06. The van der Waals surface area contributed by atoms with Crippen molar-refractivity contribution in [2.24, 2.45) is 12.9 Å². The van der Waals surface area contributed by atoms with Crippen LogP contribution in [-0.4, -0.2) is 19.4 Å². The lowest BCUT2D eigenvalue weighted by Gasteiger charge is -2.13. The number of hydrogen-bond acceptors (Lipinski definition) is 6. The smallest absolute Gasteiger partial charge is 0.102 e. The number of hydrogen-bond donors (Lipinski definition) is 2. The predicted molar refractivity (Wildman–Crippen MR) is 57.3 cm³/mol. The van der Waals surface area contributed by atoms with E-state index in [1.54, 1.807) is 24.1 Å². The summed E-state index contributed by atoms with van der Waals surface area (Å²) in [5.74, 6) is 5.49. The molecule has 6 nitrogen and oxygen atoms in total. The first kappa shape index (κ1) is 10.5. The SMILES string of the molecule is Cn1ncc(Cl)c1C(NN)c1cnns1. The molecule has 3 N–H and O–H groups in total. The Morgan fingerprint density at radius 1 is 1.60 bits per heavy atom. The lowest BCUT2D eigenvalue weighted by molar-refractivity contribution is 0.581. The van der Waals surface area contributed by atoms with Gasteiger partial charge in [-0.2, -0.15) is 5.10 Å². The molecular formula is C7H9ClN6S. The van der Waals surface area contributed by atoms with E-state index < -0.39 is 0 Å². The molecule has 0 aromatic carbocycles. The second kappa shape index (κ2) is 4.23. The van der Waals surface area contributed by atoms with Crippen LogP contribution in [0.5, 0.6) is 0 Å². The van der Waals surface area contributed by atoms with Gasteiger partial charge in [-0.3, -0.25) is 10.5 Å². The second-order valence-corrected chi connectivity index (χ2v) is 4.15. The van der Waals surface area contributed by atoms with Crippen LogP contribution in [0.4, 0.5) is 0 Å². The zero-order valence-corrected chi connectivity index (χ0v) is 9.46. The molecule has 1 atom stereocenters. The van der Waals surface area contributed by atoms with Crippen molar-refractivity contribution in [1.82, 2.24) is 24.8 Å². The first-order valence-corrected chi connectivity index (χ1v) is 5.30. The van der Waals surface area contributed by atoms with Crippen LogP contribution in [0.1, 0.15) is 16.6 Å². The van der Waals surface area contributed by atoms with Crippen LogP contribution in [-0.2, 0) is 7.05 Å². The van der Waals surface area contributed by atoms with E-state index >= 15 is 0 Å². The van der Waals surface area contributed by atoms with Crippen LogP contribution in [0.3, 0.4) is 0 Å². The van der Waals surface area contributed by atoms with Crippen LogP contribution >= 0.6 is 23.1 Å². The van der Waals surface area contributed by atoms with Crippen LogP contribution in [0.15, 0.2) is 12.4 Å². The standard InChI is InChI=1S/C7H9ClN6S/c1-14-7(4(8)2-11-14)6(12-9)5-3-10-13-15-5/h2-3,6,12H,9H2,1H3. The maximum atomic E-state index is 6.02. The van der Waals surface area contributed by atoms with E-state index in [4.69, 9.17) is 17.4 Å². The molecule has 0 saturated carbocycles. The summed E-state index contributed by atoms with van der Waals surface area (Å²) in [6.45, 7) is 0. The summed E-state index contributed by atoms with van der Waals surface area (Å²) in [4.78, 5) is 0.892. The predicted octanol–water partition coefficient (Wildman–Crippen LogP) is 0.478. The Kier molecular flexibility index (Phi) is 2.96. The Hall–Kier alpha value is -1.02. The summed E-state index contributed by atoms with van der Waals surface area (Å²) in [5, 5.41) is 8.37. The molecule has 0 aliphatic heterocycles. The van der Waals surface area contributed by atoms with Gasteiger partial charge in [-0.1, -0.05) is 16.1 Å². The summed E-state index contributed by atoms with van der Waals surface area (Å²) in [6, 6.07) is -0.231. The third-order valence-electron chi connectivity index (χ3n) is 2.04. The fourth-order valence-corrected chi connectivity index (χ4v) is 2.19.